The molecule has 0 saturated heterocycles. The van der Waals surface area contributed by atoms with Crippen LogP contribution >= 0.6 is 0 Å². The van der Waals surface area contributed by atoms with E-state index in [0.29, 0.717) is 0 Å². The van der Waals surface area contributed by atoms with E-state index in [1.54, 1.807) is 0 Å². The number of carbonyl (C=O) groups excluding carboxylic acids is 1. The van der Waals surface area contributed by atoms with E-state index in [1.807, 2.05) is 48.5 Å². The van der Waals surface area contributed by atoms with Crippen molar-refractivity contribution in [1.29, 1.82) is 0 Å². The van der Waals surface area contributed by atoms with Gasteiger partial charge in [0.1, 0.15) is 5.60 Å². The van der Waals surface area contributed by atoms with Crippen molar-refractivity contribution in [2.24, 2.45) is 10.5 Å². The van der Waals surface area contributed by atoms with E-state index in [-0.39, 0.29) is 5.41 Å². The lowest BCUT2D eigenvalue weighted by Gasteiger charge is -2.20. The number of carbonyl (C=O) groups is 1. The second-order valence-corrected chi connectivity index (χ2v) is 5.56. The highest BCUT2D eigenvalue weighted by molar-refractivity contribution is 5.87. The molecule has 0 rings (SSSR count). The summed E-state index contributed by atoms with van der Waals surface area (Å²) in [6.45, 7) is 13.4. The van der Waals surface area contributed by atoms with Crippen LogP contribution in [0.3, 0.4) is 0 Å². The maximum atomic E-state index is 11.2. The van der Waals surface area contributed by atoms with Gasteiger partial charge in [0.05, 0.1) is 0 Å². The molecule has 0 aliphatic heterocycles. The SMILES string of the molecule is C/C(=N/NC(=O)OC(C)(C)C)C(C)(C)C. The normalized spacial score (nSPS) is 13.7. The second-order valence-electron chi connectivity index (χ2n) is 5.56. The molecule has 1 N–H and O–H groups in total. The average Bonchev–Trinajstić information content (AvgIpc) is 1.94. The van der Waals surface area contributed by atoms with E-state index in [9.17, 15) is 4.79 Å². The van der Waals surface area contributed by atoms with Crippen LogP contribution in [0.5, 0.6) is 0 Å². The smallest absolute Gasteiger partial charge is 0.428 e. The molecule has 0 aromatic carbocycles. The molecular weight excluding hydrogens is 192 g/mol. The monoisotopic (exact) mass is 214 g/mol. The maximum Gasteiger partial charge on any atom is 0.428 e. The first-order valence-electron chi connectivity index (χ1n) is 5.06. The fourth-order valence-corrected chi connectivity index (χ4v) is 0.598. The molecule has 0 fully saturated rings. The number of amides is 1. The molecule has 1 amide bonds. The highest BCUT2D eigenvalue weighted by atomic mass is 16.6. The van der Waals surface area contributed by atoms with Crippen molar-refractivity contribution in [1.82, 2.24) is 5.43 Å². The molecule has 4 nitrogen and oxygen atoms in total. The predicted octanol–water partition coefficient (Wildman–Crippen LogP) is 2.93. The van der Waals surface area contributed by atoms with Crippen LogP contribution < -0.4 is 5.43 Å². The molecule has 0 aromatic rings. The topological polar surface area (TPSA) is 50.7 Å². The largest absolute Gasteiger partial charge is 0.443 e. The summed E-state index contributed by atoms with van der Waals surface area (Å²) in [4.78, 5) is 11.2. The van der Waals surface area contributed by atoms with Crippen LogP contribution in [0.15, 0.2) is 5.10 Å². The van der Waals surface area contributed by atoms with Crippen molar-refractivity contribution in [3.63, 3.8) is 0 Å². The quantitative estimate of drug-likeness (QED) is 0.539. The molecule has 0 aliphatic carbocycles. The van der Waals surface area contributed by atoms with Gasteiger partial charge in [0.2, 0.25) is 0 Å². The molecule has 15 heavy (non-hydrogen) atoms. The Morgan fingerprint density at radius 3 is 1.93 bits per heavy atom. The van der Waals surface area contributed by atoms with Crippen LogP contribution in [0.25, 0.3) is 0 Å². The molecule has 0 aromatic heterocycles. The van der Waals surface area contributed by atoms with E-state index in [4.69, 9.17) is 4.74 Å². The minimum Gasteiger partial charge on any atom is -0.443 e. The zero-order chi connectivity index (χ0) is 12.3. The third-order valence-corrected chi connectivity index (χ3v) is 1.80. The molecule has 0 aliphatic rings. The van der Waals surface area contributed by atoms with E-state index >= 15 is 0 Å². The lowest BCUT2D eigenvalue weighted by Crippen LogP contribution is -2.31. The van der Waals surface area contributed by atoms with Gasteiger partial charge in [0.15, 0.2) is 0 Å². The molecule has 0 unspecified atom stereocenters. The first-order chi connectivity index (χ1) is 6.52. The Kier molecular flexibility index (Phi) is 4.31. The summed E-state index contributed by atoms with van der Waals surface area (Å²) >= 11 is 0. The van der Waals surface area contributed by atoms with Gasteiger partial charge in [-0.1, -0.05) is 20.8 Å². The first-order valence-corrected chi connectivity index (χ1v) is 5.06. The van der Waals surface area contributed by atoms with Crippen LogP contribution in [0, 0.1) is 5.41 Å². The van der Waals surface area contributed by atoms with Crippen LogP contribution in [0.1, 0.15) is 48.5 Å². The van der Waals surface area contributed by atoms with Crippen LogP contribution in [-0.4, -0.2) is 17.4 Å². The zero-order valence-corrected chi connectivity index (χ0v) is 10.8. The lowest BCUT2D eigenvalue weighted by atomic mass is 9.91. The fraction of sp³-hybridized carbons (Fsp3) is 0.818. The van der Waals surface area contributed by atoms with Crippen molar-refractivity contribution < 1.29 is 9.53 Å². The van der Waals surface area contributed by atoms with Gasteiger partial charge >= 0.3 is 6.09 Å². The van der Waals surface area contributed by atoms with Crippen LogP contribution in [-0.2, 0) is 4.74 Å². The van der Waals surface area contributed by atoms with Gasteiger partial charge in [-0.25, -0.2) is 10.2 Å². The van der Waals surface area contributed by atoms with Crippen molar-refractivity contribution >= 4 is 11.8 Å². The Labute approximate surface area is 92.1 Å². The Morgan fingerprint density at radius 1 is 1.13 bits per heavy atom. The van der Waals surface area contributed by atoms with Crippen LogP contribution in [0.2, 0.25) is 0 Å². The predicted molar refractivity (Wildman–Crippen MR) is 61.9 cm³/mol. The minimum atomic E-state index is -0.522. The summed E-state index contributed by atoms with van der Waals surface area (Å²) in [5.41, 5.74) is 2.69. The summed E-state index contributed by atoms with van der Waals surface area (Å²) in [5.74, 6) is 0. The highest BCUT2D eigenvalue weighted by Crippen LogP contribution is 2.15. The van der Waals surface area contributed by atoms with E-state index in [0.717, 1.165) is 5.71 Å². The molecule has 0 spiro atoms. The van der Waals surface area contributed by atoms with Crippen molar-refractivity contribution in [2.75, 3.05) is 0 Å². The Balaban J connectivity index is 4.23. The van der Waals surface area contributed by atoms with Gasteiger partial charge in [-0.3, -0.25) is 0 Å². The Hall–Kier alpha value is -1.06. The summed E-state index contributed by atoms with van der Waals surface area (Å²) in [7, 11) is 0. The molecular formula is C11H22N2O2. The molecule has 0 saturated carbocycles. The molecule has 0 atom stereocenters. The number of hydrazone groups is 1. The number of nitrogens with one attached hydrogen (secondary N) is 1. The lowest BCUT2D eigenvalue weighted by molar-refractivity contribution is 0.0529. The standard InChI is InChI=1S/C11H22N2O2/c1-8(10(2,3)4)12-13-9(14)15-11(5,6)7/h1-7H3,(H,13,14)/b12-8-. The number of ether oxygens (including phenoxy) is 1. The number of hydrogen-bond acceptors (Lipinski definition) is 3. The molecule has 0 heterocycles. The maximum absolute atomic E-state index is 11.2. The molecule has 4 heteroatoms. The summed E-state index contributed by atoms with van der Waals surface area (Å²) in [5, 5.41) is 3.97. The zero-order valence-electron chi connectivity index (χ0n) is 10.8. The van der Waals surface area contributed by atoms with Gasteiger partial charge in [0.25, 0.3) is 0 Å². The summed E-state index contributed by atoms with van der Waals surface area (Å²) in [6.07, 6.45) is -0.522. The third-order valence-electron chi connectivity index (χ3n) is 1.80. The van der Waals surface area contributed by atoms with Gasteiger partial charge in [-0.2, -0.15) is 5.10 Å². The van der Waals surface area contributed by atoms with Crippen LogP contribution in [0.4, 0.5) is 4.79 Å². The van der Waals surface area contributed by atoms with Crippen molar-refractivity contribution in [3.05, 3.63) is 0 Å². The molecule has 88 valence electrons. The van der Waals surface area contributed by atoms with E-state index < -0.39 is 11.7 Å². The van der Waals surface area contributed by atoms with Crippen molar-refractivity contribution in [2.45, 2.75) is 54.1 Å². The summed E-state index contributed by atoms with van der Waals surface area (Å²) < 4.78 is 5.04. The Bertz CT molecular complexity index is 257. The minimum absolute atomic E-state index is 0.0466. The fourth-order valence-electron chi connectivity index (χ4n) is 0.598. The number of hydrogen-bond donors (Lipinski definition) is 1. The highest BCUT2D eigenvalue weighted by Gasteiger charge is 2.17. The number of rotatable bonds is 1. The van der Waals surface area contributed by atoms with Gasteiger partial charge < -0.3 is 4.74 Å². The second kappa shape index (κ2) is 4.64. The van der Waals surface area contributed by atoms with E-state index in [2.05, 4.69) is 10.5 Å². The van der Waals surface area contributed by atoms with E-state index in [1.165, 1.54) is 0 Å². The average molecular weight is 214 g/mol. The molecule has 0 radical (unpaired) electrons. The summed E-state index contributed by atoms with van der Waals surface area (Å²) in [6, 6.07) is 0. The first kappa shape index (κ1) is 13.9. The Morgan fingerprint density at radius 2 is 1.60 bits per heavy atom. The van der Waals surface area contributed by atoms with Gasteiger partial charge in [0, 0.05) is 11.1 Å². The third kappa shape index (κ3) is 6.94. The van der Waals surface area contributed by atoms with Crippen molar-refractivity contribution in [3.8, 4) is 0 Å². The number of nitrogens with zero attached hydrogens (tertiary/aromatic N) is 1. The molecule has 0 bridgehead atoms. The van der Waals surface area contributed by atoms with Gasteiger partial charge in [-0.05, 0) is 27.7 Å². The van der Waals surface area contributed by atoms with Gasteiger partial charge in [-0.15, -0.1) is 0 Å².